The molecular weight excluding hydrogens is 404 g/mol. The molecule has 1 aliphatic rings. The molecule has 0 bridgehead atoms. The number of aliphatic imine (C=N–C) groups is 1. The van der Waals surface area contributed by atoms with E-state index in [9.17, 15) is 9.59 Å². The highest BCUT2D eigenvalue weighted by molar-refractivity contribution is 5.97. The van der Waals surface area contributed by atoms with Crippen LogP contribution in [-0.4, -0.2) is 43.1 Å². The molecule has 1 unspecified atom stereocenters. The van der Waals surface area contributed by atoms with Crippen LogP contribution in [0.4, 0.5) is 16.2 Å². The van der Waals surface area contributed by atoms with Gasteiger partial charge >= 0.3 is 6.03 Å². The zero-order chi connectivity index (χ0) is 22.9. The van der Waals surface area contributed by atoms with Gasteiger partial charge in [0, 0.05) is 36.9 Å². The van der Waals surface area contributed by atoms with Crippen LogP contribution in [0.3, 0.4) is 0 Å². The molecule has 0 aromatic heterocycles. The van der Waals surface area contributed by atoms with E-state index in [1.165, 1.54) is 0 Å². The Morgan fingerprint density at radius 1 is 1.12 bits per heavy atom. The summed E-state index contributed by atoms with van der Waals surface area (Å²) in [6.45, 7) is 7.65. The van der Waals surface area contributed by atoms with Crippen LogP contribution in [-0.2, 0) is 11.3 Å². The number of guanidine groups is 1. The van der Waals surface area contributed by atoms with Crippen LogP contribution in [0.15, 0.2) is 59.6 Å². The zero-order valence-electron chi connectivity index (χ0n) is 18.9. The van der Waals surface area contributed by atoms with E-state index in [0.29, 0.717) is 25.5 Å². The number of para-hydroxylation sites is 1. The second-order valence-corrected chi connectivity index (χ2v) is 8.03. The van der Waals surface area contributed by atoms with Gasteiger partial charge in [-0.3, -0.25) is 4.79 Å². The predicted octanol–water partition coefficient (Wildman–Crippen LogP) is 3.08. The van der Waals surface area contributed by atoms with Gasteiger partial charge in [0.05, 0.1) is 12.6 Å². The van der Waals surface area contributed by atoms with Crippen molar-refractivity contribution in [3.8, 4) is 0 Å². The molecule has 32 heavy (non-hydrogen) atoms. The van der Waals surface area contributed by atoms with Gasteiger partial charge in [-0.25, -0.2) is 9.79 Å². The molecule has 0 radical (unpaired) electrons. The number of rotatable bonds is 7. The molecule has 0 aliphatic carbocycles. The van der Waals surface area contributed by atoms with Crippen LogP contribution < -0.4 is 26.2 Å². The second kappa shape index (κ2) is 11.2. The SMILES string of the molecule is CCNC(=NCc1ccc(NC(=O)NC(C)C)cc1)NC1CC(=O)N(c2ccccc2)C1. The Bertz CT molecular complexity index is 927. The minimum absolute atomic E-state index is 0.00782. The van der Waals surface area contributed by atoms with Gasteiger partial charge in [0.1, 0.15) is 0 Å². The summed E-state index contributed by atoms with van der Waals surface area (Å²) < 4.78 is 0. The van der Waals surface area contributed by atoms with Gasteiger partial charge in [0.15, 0.2) is 5.96 Å². The molecule has 3 amide bonds. The van der Waals surface area contributed by atoms with Crippen molar-refractivity contribution in [3.05, 3.63) is 60.2 Å². The lowest BCUT2D eigenvalue weighted by molar-refractivity contribution is -0.117. The van der Waals surface area contributed by atoms with Gasteiger partial charge in [-0.15, -0.1) is 0 Å². The van der Waals surface area contributed by atoms with Gasteiger partial charge in [0.2, 0.25) is 5.91 Å². The van der Waals surface area contributed by atoms with Crippen molar-refractivity contribution >= 4 is 29.3 Å². The average Bonchev–Trinajstić information content (AvgIpc) is 3.13. The third kappa shape index (κ3) is 6.73. The fraction of sp³-hybridized carbons (Fsp3) is 0.375. The van der Waals surface area contributed by atoms with E-state index in [1.54, 1.807) is 0 Å². The average molecular weight is 437 g/mol. The van der Waals surface area contributed by atoms with Crippen molar-refractivity contribution < 1.29 is 9.59 Å². The summed E-state index contributed by atoms with van der Waals surface area (Å²) in [5.41, 5.74) is 2.66. The number of nitrogens with zero attached hydrogens (tertiary/aromatic N) is 2. The first-order chi connectivity index (χ1) is 15.4. The minimum atomic E-state index is -0.222. The molecule has 1 atom stereocenters. The van der Waals surface area contributed by atoms with Crippen molar-refractivity contribution in [2.75, 3.05) is 23.3 Å². The fourth-order valence-electron chi connectivity index (χ4n) is 3.47. The third-order valence-electron chi connectivity index (χ3n) is 4.93. The normalized spacial score (nSPS) is 16.2. The van der Waals surface area contributed by atoms with Gasteiger partial charge < -0.3 is 26.2 Å². The highest BCUT2D eigenvalue weighted by Crippen LogP contribution is 2.21. The van der Waals surface area contributed by atoms with Crippen molar-refractivity contribution in [3.63, 3.8) is 0 Å². The molecule has 2 aromatic rings. The lowest BCUT2D eigenvalue weighted by Crippen LogP contribution is -2.44. The Hall–Kier alpha value is -3.55. The maximum atomic E-state index is 12.5. The second-order valence-electron chi connectivity index (χ2n) is 8.03. The topological polar surface area (TPSA) is 97.9 Å². The van der Waals surface area contributed by atoms with Crippen molar-refractivity contribution in [1.29, 1.82) is 0 Å². The number of hydrogen-bond acceptors (Lipinski definition) is 3. The van der Waals surface area contributed by atoms with Gasteiger partial charge in [0.25, 0.3) is 0 Å². The number of carbonyl (C=O) groups is 2. The molecule has 1 aliphatic heterocycles. The Kier molecular flexibility index (Phi) is 8.08. The lowest BCUT2D eigenvalue weighted by atomic mass is 10.2. The minimum Gasteiger partial charge on any atom is -0.357 e. The summed E-state index contributed by atoms with van der Waals surface area (Å²) in [6, 6.07) is 17.2. The standard InChI is InChI=1S/C24H32N6O2/c1-4-25-23(28-20-14-22(31)30(16-20)21-8-6-5-7-9-21)26-15-18-10-12-19(13-11-18)29-24(32)27-17(2)3/h5-13,17,20H,4,14-16H2,1-3H3,(H2,25,26,28)(H2,27,29,32). The number of anilines is 2. The molecular formula is C24H32N6O2. The largest absolute Gasteiger partial charge is 0.357 e. The highest BCUT2D eigenvalue weighted by atomic mass is 16.2. The van der Waals surface area contributed by atoms with E-state index >= 15 is 0 Å². The van der Waals surface area contributed by atoms with E-state index in [1.807, 2.05) is 80.3 Å². The van der Waals surface area contributed by atoms with E-state index in [-0.39, 0.29) is 24.0 Å². The molecule has 0 spiro atoms. The Morgan fingerprint density at radius 2 is 1.84 bits per heavy atom. The molecule has 2 aromatic carbocycles. The summed E-state index contributed by atoms with van der Waals surface area (Å²) in [7, 11) is 0. The van der Waals surface area contributed by atoms with E-state index in [0.717, 1.165) is 23.5 Å². The lowest BCUT2D eigenvalue weighted by Gasteiger charge is -2.19. The third-order valence-corrected chi connectivity index (χ3v) is 4.93. The van der Waals surface area contributed by atoms with Crippen LogP contribution >= 0.6 is 0 Å². The first kappa shape index (κ1) is 23.1. The van der Waals surface area contributed by atoms with Gasteiger partial charge in [-0.05, 0) is 50.6 Å². The summed E-state index contributed by atoms with van der Waals surface area (Å²) in [6.07, 6.45) is 0.429. The number of urea groups is 1. The molecule has 170 valence electrons. The maximum Gasteiger partial charge on any atom is 0.319 e. The van der Waals surface area contributed by atoms with Crippen LogP contribution in [0.5, 0.6) is 0 Å². The van der Waals surface area contributed by atoms with Gasteiger partial charge in [-0.2, -0.15) is 0 Å². The van der Waals surface area contributed by atoms with Crippen molar-refractivity contribution in [1.82, 2.24) is 16.0 Å². The van der Waals surface area contributed by atoms with Crippen molar-refractivity contribution in [2.24, 2.45) is 4.99 Å². The first-order valence-electron chi connectivity index (χ1n) is 11.0. The smallest absolute Gasteiger partial charge is 0.319 e. The van der Waals surface area contributed by atoms with Crippen LogP contribution in [0.25, 0.3) is 0 Å². The van der Waals surface area contributed by atoms with Gasteiger partial charge in [-0.1, -0.05) is 30.3 Å². The van der Waals surface area contributed by atoms with E-state index in [2.05, 4.69) is 26.3 Å². The summed E-state index contributed by atoms with van der Waals surface area (Å²) in [5.74, 6) is 0.785. The number of carbonyl (C=O) groups excluding carboxylic acids is 2. The summed E-state index contributed by atoms with van der Waals surface area (Å²) >= 11 is 0. The number of amides is 3. The van der Waals surface area contributed by atoms with Crippen LogP contribution in [0.1, 0.15) is 32.8 Å². The monoisotopic (exact) mass is 436 g/mol. The predicted molar refractivity (Wildman–Crippen MR) is 129 cm³/mol. The number of nitrogens with one attached hydrogen (secondary N) is 4. The van der Waals surface area contributed by atoms with Crippen LogP contribution in [0, 0.1) is 0 Å². The highest BCUT2D eigenvalue weighted by Gasteiger charge is 2.31. The van der Waals surface area contributed by atoms with Crippen molar-refractivity contribution in [2.45, 2.75) is 45.8 Å². The summed E-state index contributed by atoms with van der Waals surface area (Å²) in [4.78, 5) is 30.7. The molecule has 8 heteroatoms. The molecule has 3 rings (SSSR count). The molecule has 1 heterocycles. The Balaban J connectivity index is 1.57. The van der Waals surface area contributed by atoms with E-state index < -0.39 is 0 Å². The molecule has 0 saturated carbocycles. The van der Waals surface area contributed by atoms with Crippen LogP contribution in [0.2, 0.25) is 0 Å². The summed E-state index contributed by atoms with van der Waals surface area (Å²) in [5, 5.41) is 12.2. The molecule has 1 fully saturated rings. The molecule has 1 saturated heterocycles. The Morgan fingerprint density at radius 3 is 2.50 bits per heavy atom. The maximum absolute atomic E-state index is 12.5. The number of benzene rings is 2. The molecule has 4 N–H and O–H groups in total. The van der Waals surface area contributed by atoms with E-state index in [4.69, 9.17) is 0 Å². The molecule has 8 nitrogen and oxygen atoms in total. The fourth-order valence-corrected chi connectivity index (χ4v) is 3.47. The zero-order valence-corrected chi connectivity index (χ0v) is 18.9. The first-order valence-corrected chi connectivity index (χ1v) is 11.0. The quantitative estimate of drug-likeness (QED) is 0.396. The Labute approximate surface area is 189 Å². The number of hydrogen-bond donors (Lipinski definition) is 4.